The second-order valence-corrected chi connectivity index (χ2v) is 12.0. The first-order chi connectivity index (χ1) is 15.7. The van der Waals surface area contributed by atoms with Gasteiger partial charge in [-0.2, -0.15) is 0 Å². The van der Waals surface area contributed by atoms with Gasteiger partial charge in [-0.1, -0.05) is 25.4 Å². The minimum Gasteiger partial charge on any atom is -0.339 e. The Morgan fingerprint density at radius 3 is 2.59 bits per heavy atom. The quantitative estimate of drug-likeness (QED) is 0.617. The number of nitrogens with zero attached hydrogens (tertiary/aromatic N) is 4. The summed E-state index contributed by atoms with van der Waals surface area (Å²) in [5, 5.41) is 3.08. The van der Waals surface area contributed by atoms with E-state index in [1.807, 2.05) is 27.7 Å². The van der Waals surface area contributed by atoms with Crippen LogP contribution in [0.15, 0.2) is 24.4 Å². The number of carbonyl (C=O) groups excluding carboxylic acids is 1. The molecule has 1 atom stereocenters. The fourth-order valence-electron chi connectivity index (χ4n) is 4.18. The van der Waals surface area contributed by atoms with Crippen molar-refractivity contribution in [1.29, 1.82) is 0 Å². The maximum atomic E-state index is 13.8. The average molecular weight is 512 g/mol. The number of sulfonamides is 1. The third kappa shape index (κ3) is 5.67. The predicted molar refractivity (Wildman–Crippen MR) is 132 cm³/mol. The van der Waals surface area contributed by atoms with Crippen LogP contribution >= 0.6 is 11.6 Å². The molecule has 0 radical (unpaired) electrons. The molecule has 3 rings (SSSR count). The van der Waals surface area contributed by atoms with Crippen molar-refractivity contribution in [3.63, 3.8) is 0 Å². The van der Waals surface area contributed by atoms with Crippen LogP contribution < -0.4 is 5.32 Å². The van der Waals surface area contributed by atoms with Gasteiger partial charge in [-0.05, 0) is 50.8 Å². The molecular weight excluding hydrogens is 481 g/mol. The highest BCUT2D eigenvalue weighted by Crippen LogP contribution is 2.33. The molecule has 186 valence electrons. The van der Waals surface area contributed by atoms with Gasteiger partial charge in [0, 0.05) is 30.9 Å². The number of likely N-dealkylation sites (tertiary alicyclic amines) is 1. The van der Waals surface area contributed by atoms with Gasteiger partial charge in [-0.15, -0.1) is 0 Å². The van der Waals surface area contributed by atoms with Gasteiger partial charge < -0.3 is 10.2 Å². The standard InChI is InChI=1S/C23H31ClFN5O3S/c1-14(2)20-21(27-15-7-8-17(24)18(25)11-15)26-13-19(28-20)22(31)30-10-9-16(12-23(30,3)4)29(5)34(6,32)33/h7-8,11,13-14,16H,9-10,12H2,1-6H3,(H,26,27). The third-order valence-electron chi connectivity index (χ3n) is 6.18. The molecule has 8 nitrogen and oxygen atoms in total. The van der Waals surface area contributed by atoms with E-state index in [0.717, 1.165) is 0 Å². The Labute approximate surface area is 205 Å². The number of piperidine rings is 1. The lowest BCUT2D eigenvalue weighted by Crippen LogP contribution is -2.57. The summed E-state index contributed by atoms with van der Waals surface area (Å²) in [5.41, 5.74) is 0.678. The zero-order valence-electron chi connectivity index (χ0n) is 20.3. The lowest BCUT2D eigenvalue weighted by Gasteiger charge is -2.47. The van der Waals surface area contributed by atoms with Crippen LogP contribution in [0.4, 0.5) is 15.9 Å². The molecule has 1 amide bonds. The van der Waals surface area contributed by atoms with Crippen LogP contribution in [0.3, 0.4) is 0 Å². The molecule has 0 spiro atoms. The highest BCUT2D eigenvalue weighted by molar-refractivity contribution is 7.88. The monoisotopic (exact) mass is 511 g/mol. The largest absolute Gasteiger partial charge is 0.339 e. The molecule has 1 aliphatic heterocycles. The Hall–Kier alpha value is -2.30. The van der Waals surface area contributed by atoms with Crippen LogP contribution in [0.5, 0.6) is 0 Å². The van der Waals surface area contributed by atoms with Crippen molar-refractivity contribution in [3.8, 4) is 0 Å². The van der Waals surface area contributed by atoms with E-state index in [9.17, 15) is 17.6 Å². The number of anilines is 2. The Morgan fingerprint density at radius 1 is 1.35 bits per heavy atom. The van der Waals surface area contributed by atoms with Crippen molar-refractivity contribution < 1.29 is 17.6 Å². The topological polar surface area (TPSA) is 95.5 Å². The smallest absolute Gasteiger partial charge is 0.274 e. The van der Waals surface area contributed by atoms with Crippen LogP contribution in [-0.2, 0) is 10.0 Å². The van der Waals surface area contributed by atoms with Gasteiger partial charge in [0.25, 0.3) is 5.91 Å². The minimum atomic E-state index is -3.32. The summed E-state index contributed by atoms with van der Waals surface area (Å²) in [6, 6.07) is 4.17. The normalized spacial score (nSPS) is 18.4. The average Bonchev–Trinajstić information content (AvgIpc) is 2.74. The first kappa shape index (κ1) is 26.3. The highest BCUT2D eigenvalue weighted by Gasteiger charge is 2.41. The van der Waals surface area contributed by atoms with E-state index in [1.165, 1.54) is 28.9 Å². The first-order valence-corrected chi connectivity index (χ1v) is 13.3. The molecule has 1 aromatic carbocycles. The second kappa shape index (κ2) is 9.75. The molecule has 1 saturated heterocycles. The van der Waals surface area contributed by atoms with E-state index in [-0.39, 0.29) is 28.6 Å². The van der Waals surface area contributed by atoms with Crippen molar-refractivity contribution in [2.45, 2.75) is 58.0 Å². The van der Waals surface area contributed by atoms with E-state index < -0.39 is 21.4 Å². The number of aromatic nitrogens is 2. The summed E-state index contributed by atoms with van der Waals surface area (Å²) < 4.78 is 39.2. The molecule has 0 aliphatic carbocycles. The molecule has 1 N–H and O–H groups in total. The van der Waals surface area contributed by atoms with E-state index in [1.54, 1.807) is 18.0 Å². The van der Waals surface area contributed by atoms with Crippen molar-refractivity contribution in [1.82, 2.24) is 19.2 Å². The fourth-order valence-corrected chi connectivity index (χ4v) is 5.02. The number of carbonyl (C=O) groups is 1. The Bertz CT molecular complexity index is 1190. The Morgan fingerprint density at radius 2 is 2.03 bits per heavy atom. The number of benzene rings is 1. The fraction of sp³-hybridized carbons (Fsp3) is 0.522. The Kier molecular flexibility index (Phi) is 7.54. The predicted octanol–water partition coefficient (Wildman–Crippen LogP) is 4.41. The molecule has 1 fully saturated rings. The molecule has 0 saturated carbocycles. The molecule has 0 bridgehead atoms. The Balaban J connectivity index is 1.85. The summed E-state index contributed by atoms with van der Waals surface area (Å²) in [5.74, 6) is -0.434. The van der Waals surface area contributed by atoms with E-state index in [0.29, 0.717) is 36.6 Å². The highest BCUT2D eigenvalue weighted by atomic mass is 35.5. The number of rotatable bonds is 6. The van der Waals surface area contributed by atoms with Gasteiger partial charge >= 0.3 is 0 Å². The van der Waals surface area contributed by atoms with Gasteiger partial charge in [0.2, 0.25) is 10.0 Å². The molecule has 11 heteroatoms. The maximum Gasteiger partial charge on any atom is 0.274 e. The summed E-state index contributed by atoms with van der Waals surface area (Å²) in [4.78, 5) is 24.2. The molecule has 34 heavy (non-hydrogen) atoms. The number of hydrogen-bond donors (Lipinski definition) is 1. The molecule has 1 unspecified atom stereocenters. The first-order valence-electron chi connectivity index (χ1n) is 11.0. The summed E-state index contributed by atoms with van der Waals surface area (Å²) in [7, 11) is -1.75. The lowest BCUT2D eigenvalue weighted by atomic mass is 9.86. The molecule has 1 aromatic heterocycles. The molecule has 2 aromatic rings. The van der Waals surface area contributed by atoms with Crippen LogP contribution in [0.2, 0.25) is 5.02 Å². The van der Waals surface area contributed by atoms with Crippen LogP contribution in [-0.4, -0.2) is 64.9 Å². The third-order valence-corrected chi connectivity index (χ3v) is 7.83. The van der Waals surface area contributed by atoms with Gasteiger partial charge in [-0.25, -0.2) is 27.1 Å². The molecule has 1 aliphatic rings. The van der Waals surface area contributed by atoms with Gasteiger partial charge in [0.15, 0.2) is 5.82 Å². The number of amides is 1. The van der Waals surface area contributed by atoms with Crippen LogP contribution in [0.1, 0.15) is 62.6 Å². The van der Waals surface area contributed by atoms with Gasteiger partial charge in [0.1, 0.15) is 11.5 Å². The van der Waals surface area contributed by atoms with Crippen LogP contribution in [0.25, 0.3) is 0 Å². The van der Waals surface area contributed by atoms with Crippen molar-refractivity contribution in [3.05, 3.63) is 46.6 Å². The van der Waals surface area contributed by atoms with Crippen molar-refractivity contribution >= 4 is 39.0 Å². The zero-order chi connectivity index (χ0) is 25.4. The summed E-state index contributed by atoms with van der Waals surface area (Å²) >= 11 is 5.76. The van der Waals surface area contributed by atoms with Gasteiger partial charge in [0.05, 0.1) is 23.2 Å². The van der Waals surface area contributed by atoms with Gasteiger partial charge in [-0.3, -0.25) is 4.79 Å². The number of halogens is 2. The van der Waals surface area contributed by atoms with E-state index >= 15 is 0 Å². The summed E-state index contributed by atoms with van der Waals surface area (Å²) in [6.45, 7) is 8.12. The maximum absolute atomic E-state index is 13.8. The zero-order valence-corrected chi connectivity index (χ0v) is 21.8. The number of nitrogens with one attached hydrogen (secondary N) is 1. The second-order valence-electron chi connectivity index (χ2n) is 9.59. The molecule has 2 heterocycles. The lowest BCUT2D eigenvalue weighted by molar-refractivity contribution is 0.0306. The summed E-state index contributed by atoms with van der Waals surface area (Å²) in [6.07, 6.45) is 3.64. The van der Waals surface area contributed by atoms with Crippen molar-refractivity contribution in [2.75, 3.05) is 25.2 Å². The van der Waals surface area contributed by atoms with Crippen molar-refractivity contribution in [2.24, 2.45) is 0 Å². The minimum absolute atomic E-state index is 0.0239. The van der Waals surface area contributed by atoms with Crippen LogP contribution in [0, 0.1) is 5.82 Å². The SMILES string of the molecule is CC(C)c1nc(C(=O)N2CCC(N(C)S(C)(=O)=O)CC2(C)C)cnc1Nc1ccc(Cl)c(F)c1. The van der Waals surface area contributed by atoms with E-state index in [4.69, 9.17) is 11.6 Å². The van der Waals surface area contributed by atoms with E-state index in [2.05, 4.69) is 15.3 Å². The number of hydrogen-bond acceptors (Lipinski definition) is 6. The molecular formula is C23H31ClFN5O3S.